The first kappa shape index (κ1) is 12.5. The summed E-state index contributed by atoms with van der Waals surface area (Å²) < 4.78 is 5.14. The van der Waals surface area contributed by atoms with Crippen molar-refractivity contribution in [1.82, 2.24) is 10.6 Å². The van der Waals surface area contributed by atoms with Crippen molar-refractivity contribution in [1.29, 1.82) is 0 Å². The van der Waals surface area contributed by atoms with Crippen LogP contribution in [0.1, 0.15) is 27.2 Å². The van der Waals surface area contributed by atoms with Gasteiger partial charge < -0.3 is 15.4 Å². The zero-order valence-corrected chi connectivity index (χ0v) is 9.93. The summed E-state index contributed by atoms with van der Waals surface area (Å²) in [5, 5.41) is 6.08. The van der Waals surface area contributed by atoms with Gasteiger partial charge in [0.2, 0.25) is 5.91 Å². The fraction of sp³-hybridized carbons (Fsp3) is 0.909. The van der Waals surface area contributed by atoms with Crippen LogP contribution < -0.4 is 10.6 Å². The zero-order valence-electron chi connectivity index (χ0n) is 9.93. The maximum atomic E-state index is 11.4. The van der Waals surface area contributed by atoms with Crippen molar-refractivity contribution < 1.29 is 9.53 Å². The van der Waals surface area contributed by atoms with Crippen LogP contribution in [0.2, 0.25) is 0 Å². The number of hydrogen-bond donors (Lipinski definition) is 2. The third-order valence-electron chi connectivity index (χ3n) is 2.76. The Kier molecular flexibility index (Phi) is 4.54. The van der Waals surface area contributed by atoms with Gasteiger partial charge in [-0.05, 0) is 13.3 Å². The summed E-state index contributed by atoms with van der Waals surface area (Å²) in [7, 11) is 0. The van der Waals surface area contributed by atoms with Crippen LogP contribution in [0.25, 0.3) is 0 Å². The topological polar surface area (TPSA) is 50.4 Å². The molecule has 0 aliphatic carbocycles. The molecule has 1 unspecified atom stereocenters. The molecule has 1 aliphatic rings. The second-order valence-corrected chi connectivity index (χ2v) is 4.78. The molecule has 0 radical (unpaired) electrons. The molecule has 4 heteroatoms. The molecule has 1 heterocycles. The van der Waals surface area contributed by atoms with Crippen LogP contribution in [0.5, 0.6) is 0 Å². The Hall–Kier alpha value is -0.610. The third-order valence-corrected chi connectivity index (χ3v) is 2.76. The molecule has 0 saturated carbocycles. The summed E-state index contributed by atoms with van der Waals surface area (Å²) in [6, 6.07) is 0.266. The number of carbonyl (C=O) groups excluding carboxylic acids is 1. The predicted octanol–water partition coefficient (Wildman–Crippen LogP) is 0.527. The molecule has 4 nitrogen and oxygen atoms in total. The van der Waals surface area contributed by atoms with Crippen LogP contribution >= 0.6 is 0 Å². The Morgan fingerprint density at radius 1 is 1.53 bits per heavy atom. The Labute approximate surface area is 91.8 Å². The molecule has 88 valence electrons. The summed E-state index contributed by atoms with van der Waals surface area (Å²) in [5.41, 5.74) is 0.233. The molecule has 1 aliphatic heterocycles. The molecule has 1 saturated heterocycles. The molecule has 15 heavy (non-hydrogen) atoms. The van der Waals surface area contributed by atoms with Crippen LogP contribution in [0, 0.1) is 5.41 Å². The van der Waals surface area contributed by atoms with E-state index in [2.05, 4.69) is 24.5 Å². The van der Waals surface area contributed by atoms with Gasteiger partial charge in [0.15, 0.2) is 0 Å². The highest BCUT2D eigenvalue weighted by Gasteiger charge is 2.32. The predicted molar refractivity (Wildman–Crippen MR) is 59.7 cm³/mol. The Morgan fingerprint density at radius 2 is 2.20 bits per heavy atom. The molecule has 0 aromatic heterocycles. The minimum absolute atomic E-state index is 0.0770. The highest BCUT2D eigenvalue weighted by atomic mass is 16.5. The van der Waals surface area contributed by atoms with Gasteiger partial charge >= 0.3 is 0 Å². The highest BCUT2D eigenvalue weighted by Crippen LogP contribution is 2.24. The summed E-state index contributed by atoms with van der Waals surface area (Å²) in [6.07, 6.45) is 0.970. The lowest BCUT2D eigenvalue weighted by atomic mass is 9.89. The van der Waals surface area contributed by atoms with Crippen LogP contribution in [-0.2, 0) is 9.53 Å². The van der Waals surface area contributed by atoms with E-state index in [4.69, 9.17) is 4.74 Å². The standard InChI is InChI=1S/C11H22N2O2/c1-4-9(2)13-10(14)5-12-6-11(3)7-15-8-11/h9,12H,4-8H2,1-3H3,(H,13,14). The molecular weight excluding hydrogens is 192 g/mol. The number of ether oxygens (including phenoxy) is 1. The van der Waals surface area contributed by atoms with Gasteiger partial charge in [0.1, 0.15) is 0 Å². The summed E-state index contributed by atoms with van der Waals surface area (Å²) in [6.45, 7) is 9.08. The molecule has 0 spiro atoms. The van der Waals surface area contributed by atoms with E-state index in [1.165, 1.54) is 0 Å². The SMILES string of the molecule is CCC(C)NC(=O)CNCC1(C)COC1. The maximum Gasteiger partial charge on any atom is 0.234 e. The molecule has 0 aromatic rings. The minimum atomic E-state index is 0.0770. The monoisotopic (exact) mass is 214 g/mol. The normalized spacial score (nSPS) is 20.5. The Morgan fingerprint density at radius 3 is 2.67 bits per heavy atom. The average molecular weight is 214 g/mol. The molecule has 1 fully saturated rings. The highest BCUT2D eigenvalue weighted by molar-refractivity contribution is 5.78. The van der Waals surface area contributed by atoms with Crippen LogP contribution in [0.3, 0.4) is 0 Å². The van der Waals surface area contributed by atoms with Crippen LogP contribution in [0.15, 0.2) is 0 Å². The molecule has 1 amide bonds. The maximum absolute atomic E-state index is 11.4. The van der Waals surface area contributed by atoms with Crippen molar-refractivity contribution in [2.24, 2.45) is 5.41 Å². The van der Waals surface area contributed by atoms with Gasteiger partial charge in [-0.1, -0.05) is 13.8 Å². The number of carbonyl (C=O) groups is 1. The summed E-state index contributed by atoms with van der Waals surface area (Å²) in [4.78, 5) is 11.4. The van der Waals surface area contributed by atoms with Crippen LogP contribution in [0.4, 0.5) is 0 Å². The largest absolute Gasteiger partial charge is 0.380 e. The van der Waals surface area contributed by atoms with E-state index in [0.717, 1.165) is 26.2 Å². The first-order valence-electron chi connectivity index (χ1n) is 5.63. The number of rotatable bonds is 6. The zero-order chi connectivity index (χ0) is 11.3. The fourth-order valence-electron chi connectivity index (χ4n) is 1.46. The number of amides is 1. The molecular formula is C11H22N2O2. The van der Waals surface area contributed by atoms with Gasteiger partial charge in [-0.15, -0.1) is 0 Å². The number of hydrogen-bond acceptors (Lipinski definition) is 3. The van der Waals surface area contributed by atoms with Gasteiger partial charge in [0, 0.05) is 18.0 Å². The second-order valence-electron chi connectivity index (χ2n) is 4.78. The van der Waals surface area contributed by atoms with Gasteiger partial charge in [0.25, 0.3) is 0 Å². The molecule has 1 atom stereocenters. The van der Waals surface area contributed by atoms with Gasteiger partial charge in [0.05, 0.1) is 19.8 Å². The fourth-order valence-corrected chi connectivity index (χ4v) is 1.46. The van der Waals surface area contributed by atoms with E-state index in [1.807, 2.05) is 6.92 Å². The third kappa shape index (κ3) is 4.18. The lowest BCUT2D eigenvalue weighted by molar-refractivity contribution is -0.122. The van der Waals surface area contributed by atoms with Crippen molar-refractivity contribution in [3.05, 3.63) is 0 Å². The van der Waals surface area contributed by atoms with Crippen molar-refractivity contribution in [2.45, 2.75) is 33.2 Å². The first-order valence-corrected chi connectivity index (χ1v) is 5.63. The molecule has 0 bridgehead atoms. The van der Waals surface area contributed by atoms with E-state index < -0.39 is 0 Å². The Bertz CT molecular complexity index is 215. The second kappa shape index (κ2) is 5.47. The molecule has 0 aromatic carbocycles. The molecule has 2 N–H and O–H groups in total. The average Bonchev–Trinajstić information content (AvgIpc) is 2.15. The number of nitrogens with one attached hydrogen (secondary N) is 2. The Balaban J connectivity index is 2.06. The van der Waals surface area contributed by atoms with Gasteiger partial charge in [-0.25, -0.2) is 0 Å². The molecule has 1 rings (SSSR count). The van der Waals surface area contributed by atoms with E-state index in [9.17, 15) is 4.79 Å². The first-order chi connectivity index (χ1) is 7.06. The smallest absolute Gasteiger partial charge is 0.234 e. The van der Waals surface area contributed by atoms with Crippen molar-refractivity contribution in [3.63, 3.8) is 0 Å². The summed E-state index contributed by atoms with van der Waals surface area (Å²) >= 11 is 0. The minimum Gasteiger partial charge on any atom is -0.380 e. The van der Waals surface area contributed by atoms with Crippen LogP contribution in [-0.4, -0.2) is 38.3 Å². The lowest BCUT2D eigenvalue weighted by Crippen LogP contribution is -2.49. The summed E-state index contributed by atoms with van der Waals surface area (Å²) in [5.74, 6) is 0.0770. The van der Waals surface area contributed by atoms with E-state index >= 15 is 0 Å². The van der Waals surface area contributed by atoms with E-state index in [0.29, 0.717) is 6.54 Å². The lowest BCUT2D eigenvalue weighted by Gasteiger charge is -2.38. The van der Waals surface area contributed by atoms with Gasteiger partial charge in [-0.2, -0.15) is 0 Å². The quantitative estimate of drug-likeness (QED) is 0.678. The van der Waals surface area contributed by atoms with E-state index in [1.54, 1.807) is 0 Å². The van der Waals surface area contributed by atoms with E-state index in [-0.39, 0.29) is 17.4 Å². The van der Waals surface area contributed by atoms with Crippen molar-refractivity contribution >= 4 is 5.91 Å². The van der Waals surface area contributed by atoms with Crippen molar-refractivity contribution in [2.75, 3.05) is 26.3 Å². The van der Waals surface area contributed by atoms with Crippen molar-refractivity contribution in [3.8, 4) is 0 Å². The van der Waals surface area contributed by atoms with Gasteiger partial charge in [-0.3, -0.25) is 4.79 Å².